The van der Waals surface area contributed by atoms with Gasteiger partial charge in [-0.1, -0.05) is 18.2 Å². The van der Waals surface area contributed by atoms with Gasteiger partial charge in [-0.3, -0.25) is 4.79 Å². The van der Waals surface area contributed by atoms with Gasteiger partial charge >= 0.3 is 0 Å². The molecule has 1 aromatic carbocycles. The third-order valence-electron chi connectivity index (χ3n) is 4.87. The Kier molecular flexibility index (Phi) is 4.61. The molecule has 0 saturated carbocycles. The second-order valence-electron chi connectivity index (χ2n) is 6.71. The molecule has 25 heavy (non-hydrogen) atoms. The number of carbonyl (C=O) groups is 1. The van der Waals surface area contributed by atoms with Gasteiger partial charge in [0, 0.05) is 62.3 Å². The maximum atomic E-state index is 12.2. The SMILES string of the molecule is O=C1CC(NCc2cnc(N3CCCC3)nc2)CN1c1ccccc1. The predicted molar refractivity (Wildman–Crippen MR) is 97.5 cm³/mol. The minimum Gasteiger partial charge on any atom is -0.341 e. The van der Waals surface area contributed by atoms with Gasteiger partial charge in [0.15, 0.2) is 0 Å². The van der Waals surface area contributed by atoms with Crippen LogP contribution in [0.4, 0.5) is 11.6 Å². The predicted octanol–water partition coefficient (Wildman–Crippen LogP) is 1.97. The van der Waals surface area contributed by atoms with E-state index in [2.05, 4.69) is 20.2 Å². The van der Waals surface area contributed by atoms with E-state index in [1.54, 1.807) is 0 Å². The third kappa shape index (κ3) is 3.64. The van der Waals surface area contributed by atoms with Crippen molar-refractivity contribution in [2.75, 3.05) is 29.4 Å². The molecule has 4 rings (SSSR count). The van der Waals surface area contributed by atoms with Crippen LogP contribution < -0.4 is 15.1 Å². The van der Waals surface area contributed by atoms with Crippen LogP contribution in [0.15, 0.2) is 42.7 Å². The van der Waals surface area contributed by atoms with E-state index in [1.165, 1.54) is 12.8 Å². The van der Waals surface area contributed by atoms with Crippen LogP contribution in [0, 0.1) is 0 Å². The van der Waals surface area contributed by atoms with Gasteiger partial charge in [0.25, 0.3) is 0 Å². The highest BCUT2D eigenvalue weighted by Crippen LogP contribution is 2.21. The summed E-state index contributed by atoms with van der Waals surface area (Å²) in [4.78, 5) is 25.3. The normalized spacial score (nSPS) is 20.5. The fourth-order valence-electron chi connectivity index (χ4n) is 3.48. The number of nitrogens with one attached hydrogen (secondary N) is 1. The van der Waals surface area contributed by atoms with Crippen LogP contribution in [0.5, 0.6) is 0 Å². The lowest BCUT2D eigenvalue weighted by atomic mass is 10.2. The van der Waals surface area contributed by atoms with Crippen LogP contribution in [0.25, 0.3) is 0 Å². The Morgan fingerprint density at radius 1 is 1.08 bits per heavy atom. The maximum Gasteiger partial charge on any atom is 0.228 e. The summed E-state index contributed by atoms with van der Waals surface area (Å²) in [5.41, 5.74) is 2.02. The van der Waals surface area contributed by atoms with Crippen molar-refractivity contribution in [3.05, 3.63) is 48.3 Å². The van der Waals surface area contributed by atoms with Gasteiger partial charge in [0.05, 0.1) is 0 Å². The molecule has 1 amide bonds. The van der Waals surface area contributed by atoms with Crippen LogP contribution in [-0.4, -0.2) is 41.6 Å². The number of para-hydroxylation sites is 1. The largest absolute Gasteiger partial charge is 0.341 e. The first kappa shape index (κ1) is 16.0. The summed E-state index contributed by atoms with van der Waals surface area (Å²) in [6, 6.07) is 10.00. The second kappa shape index (κ2) is 7.19. The van der Waals surface area contributed by atoms with Crippen LogP contribution in [0.2, 0.25) is 0 Å². The van der Waals surface area contributed by atoms with Crippen LogP contribution in [-0.2, 0) is 11.3 Å². The first-order chi connectivity index (χ1) is 12.3. The summed E-state index contributed by atoms with van der Waals surface area (Å²) < 4.78 is 0. The number of anilines is 2. The summed E-state index contributed by atoms with van der Waals surface area (Å²) in [5, 5.41) is 3.46. The first-order valence-electron chi connectivity index (χ1n) is 8.94. The van der Waals surface area contributed by atoms with Crippen molar-refractivity contribution in [2.45, 2.75) is 31.8 Å². The van der Waals surface area contributed by atoms with Crippen molar-refractivity contribution in [2.24, 2.45) is 0 Å². The molecule has 1 aromatic heterocycles. The van der Waals surface area contributed by atoms with E-state index in [4.69, 9.17) is 0 Å². The Morgan fingerprint density at radius 2 is 1.80 bits per heavy atom. The molecule has 0 radical (unpaired) electrons. The van der Waals surface area contributed by atoms with Crippen LogP contribution in [0.3, 0.4) is 0 Å². The van der Waals surface area contributed by atoms with Gasteiger partial charge < -0.3 is 15.1 Å². The van der Waals surface area contributed by atoms with E-state index in [-0.39, 0.29) is 11.9 Å². The lowest BCUT2D eigenvalue weighted by molar-refractivity contribution is -0.117. The number of rotatable bonds is 5. The van der Waals surface area contributed by atoms with Crippen molar-refractivity contribution < 1.29 is 4.79 Å². The summed E-state index contributed by atoms with van der Waals surface area (Å²) in [6.45, 7) is 3.49. The van der Waals surface area contributed by atoms with E-state index >= 15 is 0 Å². The van der Waals surface area contributed by atoms with Gasteiger partial charge in [0.2, 0.25) is 11.9 Å². The molecule has 6 nitrogen and oxygen atoms in total. The first-order valence-corrected chi connectivity index (χ1v) is 8.94. The number of hydrogen-bond acceptors (Lipinski definition) is 5. The highest BCUT2D eigenvalue weighted by atomic mass is 16.2. The fourth-order valence-corrected chi connectivity index (χ4v) is 3.48. The molecule has 0 spiro atoms. The van der Waals surface area contributed by atoms with E-state index in [0.717, 1.165) is 30.3 Å². The number of nitrogens with zero attached hydrogens (tertiary/aromatic N) is 4. The Labute approximate surface area is 147 Å². The van der Waals surface area contributed by atoms with Crippen molar-refractivity contribution in [1.82, 2.24) is 15.3 Å². The lowest BCUT2D eigenvalue weighted by Crippen LogP contribution is -2.32. The average molecular weight is 337 g/mol. The molecule has 6 heteroatoms. The monoisotopic (exact) mass is 337 g/mol. The second-order valence-corrected chi connectivity index (χ2v) is 6.71. The zero-order valence-electron chi connectivity index (χ0n) is 14.3. The molecule has 2 aliphatic heterocycles. The van der Waals surface area contributed by atoms with Crippen molar-refractivity contribution in [3.8, 4) is 0 Å². The van der Waals surface area contributed by atoms with E-state index in [0.29, 0.717) is 19.5 Å². The Morgan fingerprint density at radius 3 is 2.52 bits per heavy atom. The Balaban J connectivity index is 1.32. The lowest BCUT2D eigenvalue weighted by Gasteiger charge is -2.17. The van der Waals surface area contributed by atoms with Gasteiger partial charge in [-0.15, -0.1) is 0 Å². The molecular formula is C19H23N5O. The Hall–Kier alpha value is -2.47. The van der Waals surface area contributed by atoms with Crippen molar-refractivity contribution in [1.29, 1.82) is 0 Å². The molecule has 2 aliphatic rings. The fraction of sp³-hybridized carbons (Fsp3) is 0.421. The third-order valence-corrected chi connectivity index (χ3v) is 4.87. The number of amides is 1. The molecule has 130 valence electrons. The molecule has 2 aromatic rings. The number of carbonyl (C=O) groups excluding carboxylic acids is 1. The minimum absolute atomic E-state index is 0.158. The van der Waals surface area contributed by atoms with E-state index in [1.807, 2.05) is 47.6 Å². The van der Waals surface area contributed by atoms with E-state index in [9.17, 15) is 4.79 Å². The highest BCUT2D eigenvalue weighted by Gasteiger charge is 2.30. The maximum absolute atomic E-state index is 12.2. The molecule has 3 heterocycles. The Bertz CT molecular complexity index is 712. The van der Waals surface area contributed by atoms with E-state index < -0.39 is 0 Å². The minimum atomic E-state index is 0.158. The zero-order chi connectivity index (χ0) is 17.1. The summed E-state index contributed by atoms with van der Waals surface area (Å²) in [5.74, 6) is 0.997. The summed E-state index contributed by atoms with van der Waals surface area (Å²) in [7, 11) is 0. The van der Waals surface area contributed by atoms with Gasteiger partial charge in [0.1, 0.15) is 0 Å². The topological polar surface area (TPSA) is 61.4 Å². The molecular weight excluding hydrogens is 314 g/mol. The molecule has 2 fully saturated rings. The zero-order valence-corrected chi connectivity index (χ0v) is 14.3. The van der Waals surface area contributed by atoms with Gasteiger partial charge in [-0.2, -0.15) is 0 Å². The van der Waals surface area contributed by atoms with Crippen molar-refractivity contribution >= 4 is 17.5 Å². The van der Waals surface area contributed by atoms with Crippen molar-refractivity contribution in [3.63, 3.8) is 0 Å². The molecule has 1 atom stereocenters. The number of hydrogen-bond donors (Lipinski definition) is 1. The van der Waals surface area contributed by atoms with Gasteiger partial charge in [-0.05, 0) is 25.0 Å². The molecule has 2 saturated heterocycles. The quantitative estimate of drug-likeness (QED) is 0.904. The molecule has 1 N–H and O–H groups in total. The standard InChI is InChI=1S/C19H23N5O/c25-18-10-16(14-24(18)17-6-2-1-3-7-17)20-11-15-12-21-19(22-13-15)23-8-4-5-9-23/h1-3,6-7,12-13,16,20H,4-5,8-11,14H2. The molecule has 0 aliphatic carbocycles. The smallest absolute Gasteiger partial charge is 0.228 e. The molecule has 0 bridgehead atoms. The summed E-state index contributed by atoms with van der Waals surface area (Å²) >= 11 is 0. The van der Waals surface area contributed by atoms with Crippen LogP contribution in [0.1, 0.15) is 24.8 Å². The average Bonchev–Trinajstić information content (AvgIpc) is 3.31. The number of aromatic nitrogens is 2. The van der Waals surface area contributed by atoms with Crippen LogP contribution >= 0.6 is 0 Å². The molecule has 1 unspecified atom stereocenters. The highest BCUT2D eigenvalue weighted by molar-refractivity contribution is 5.96. The van der Waals surface area contributed by atoms with Gasteiger partial charge in [-0.25, -0.2) is 9.97 Å². The number of benzene rings is 1. The summed E-state index contributed by atoms with van der Waals surface area (Å²) in [6.07, 6.45) is 6.75.